The number of rotatable bonds is 5. The molecule has 0 saturated heterocycles. The lowest BCUT2D eigenvalue weighted by Gasteiger charge is -2.12. The number of fused-ring (bicyclic) bond motifs is 1. The third kappa shape index (κ3) is 4.73. The maximum atomic E-state index is 13.0. The van der Waals surface area contributed by atoms with Crippen LogP contribution in [0.2, 0.25) is 0 Å². The zero-order chi connectivity index (χ0) is 21.8. The summed E-state index contributed by atoms with van der Waals surface area (Å²) in [7, 11) is 0. The summed E-state index contributed by atoms with van der Waals surface area (Å²) in [6.07, 6.45) is 3.02. The van der Waals surface area contributed by atoms with Crippen molar-refractivity contribution in [3.05, 3.63) is 107 Å². The number of hydrogen-bond acceptors (Lipinski definition) is 3. The Morgan fingerprint density at radius 1 is 0.839 bits per heavy atom. The Hall–Kier alpha value is -4.12. The molecule has 0 atom stereocenters. The van der Waals surface area contributed by atoms with E-state index in [1.165, 1.54) is 12.3 Å². The number of carbonyl (C=O) groups is 2. The Labute approximate surface area is 180 Å². The Balaban J connectivity index is 1.60. The molecule has 2 amide bonds. The van der Waals surface area contributed by atoms with Crippen LogP contribution in [0.4, 0.5) is 5.69 Å². The molecule has 5 nitrogen and oxygen atoms in total. The highest BCUT2D eigenvalue weighted by molar-refractivity contribution is 6.11. The number of nitrogens with one attached hydrogen (secondary N) is 2. The van der Waals surface area contributed by atoms with E-state index >= 15 is 0 Å². The molecule has 0 radical (unpaired) electrons. The fourth-order valence-electron chi connectivity index (χ4n) is 3.22. The quantitative estimate of drug-likeness (QED) is 0.429. The highest BCUT2D eigenvalue weighted by Crippen LogP contribution is 2.20. The van der Waals surface area contributed by atoms with E-state index in [0.717, 1.165) is 21.9 Å². The average Bonchev–Trinajstić information content (AvgIpc) is 3.28. The zero-order valence-electron chi connectivity index (χ0n) is 17.3. The first-order valence-corrected chi connectivity index (χ1v) is 9.93. The van der Waals surface area contributed by atoms with Gasteiger partial charge in [-0.25, -0.2) is 0 Å². The molecule has 5 heteroatoms. The number of hydrogen-bond donors (Lipinski definition) is 2. The fraction of sp³-hybridized carbons (Fsp3) is 0.0769. The van der Waals surface area contributed by atoms with E-state index < -0.39 is 5.91 Å². The summed E-state index contributed by atoms with van der Waals surface area (Å²) in [6, 6.07) is 22.4. The standard InChI is InChI=1S/C26H22N2O3/c1-17-9-10-21(14-18(17)2)25(29)28-24(16-23-8-5-13-31-23)26(30)27-22-12-11-19-6-3-4-7-20(19)15-22/h3-16H,1-2H3,(H,27,30)(H,28,29). The molecule has 0 unspecified atom stereocenters. The number of aryl methyl sites for hydroxylation is 2. The van der Waals surface area contributed by atoms with Gasteiger partial charge in [0.15, 0.2) is 0 Å². The monoisotopic (exact) mass is 410 g/mol. The van der Waals surface area contributed by atoms with Gasteiger partial charge in [0.1, 0.15) is 11.5 Å². The summed E-state index contributed by atoms with van der Waals surface area (Å²) in [4.78, 5) is 25.8. The molecule has 1 heterocycles. The molecule has 0 aliphatic rings. The van der Waals surface area contributed by atoms with Gasteiger partial charge in [0.2, 0.25) is 0 Å². The van der Waals surface area contributed by atoms with Crippen LogP contribution in [0.5, 0.6) is 0 Å². The number of amides is 2. The molecule has 0 spiro atoms. The van der Waals surface area contributed by atoms with E-state index in [4.69, 9.17) is 4.42 Å². The maximum Gasteiger partial charge on any atom is 0.272 e. The van der Waals surface area contributed by atoms with E-state index in [-0.39, 0.29) is 11.6 Å². The van der Waals surface area contributed by atoms with Gasteiger partial charge in [-0.3, -0.25) is 9.59 Å². The zero-order valence-corrected chi connectivity index (χ0v) is 17.3. The molecule has 4 aromatic rings. The molecule has 0 aliphatic carbocycles. The Bertz CT molecular complexity index is 1290. The van der Waals surface area contributed by atoms with E-state index in [9.17, 15) is 9.59 Å². The number of benzene rings is 3. The molecule has 1 aromatic heterocycles. The van der Waals surface area contributed by atoms with Crippen LogP contribution in [-0.4, -0.2) is 11.8 Å². The molecule has 0 aliphatic heterocycles. The molecule has 4 rings (SSSR count). The second-order valence-electron chi connectivity index (χ2n) is 7.34. The van der Waals surface area contributed by atoms with Crippen LogP contribution in [0.15, 0.2) is 89.2 Å². The van der Waals surface area contributed by atoms with Gasteiger partial charge in [-0.2, -0.15) is 0 Å². The van der Waals surface area contributed by atoms with Crippen molar-refractivity contribution in [2.45, 2.75) is 13.8 Å². The van der Waals surface area contributed by atoms with Gasteiger partial charge in [0.05, 0.1) is 6.26 Å². The van der Waals surface area contributed by atoms with Gasteiger partial charge in [-0.15, -0.1) is 0 Å². The highest BCUT2D eigenvalue weighted by atomic mass is 16.3. The highest BCUT2D eigenvalue weighted by Gasteiger charge is 2.16. The molecule has 0 bridgehead atoms. The molecular weight excluding hydrogens is 388 g/mol. The SMILES string of the molecule is Cc1ccc(C(=O)NC(=Cc2ccco2)C(=O)Nc2ccc3ccccc3c2)cc1C. The van der Waals surface area contributed by atoms with Gasteiger partial charge in [0.25, 0.3) is 11.8 Å². The van der Waals surface area contributed by atoms with Gasteiger partial charge in [0, 0.05) is 17.3 Å². The molecule has 154 valence electrons. The third-order valence-corrected chi connectivity index (χ3v) is 5.10. The number of carbonyl (C=O) groups excluding carboxylic acids is 2. The van der Waals surface area contributed by atoms with Crippen molar-refractivity contribution < 1.29 is 14.0 Å². The molecule has 0 saturated carbocycles. The minimum Gasteiger partial charge on any atom is -0.465 e. The minimum absolute atomic E-state index is 0.0892. The first-order valence-electron chi connectivity index (χ1n) is 9.93. The summed E-state index contributed by atoms with van der Waals surface area (Å²) in [5, 5.41) is 7.67. The Morgan fingerprint density at radius 2 is 1.65 bits per heavy atom. The van der Waals surface area contributed by atoms with Gasteiger partial charge in [-0.05, 0) is 72.1 Å². The van der Waals surface area contributed by atoms with Crippen LogP contribution in [-0.2, 0) is 4.79 Å². The van der Waals surface area contributed by atoms with Crippen LogP contribution >= 0.6 is 0 Å². The number of anilines is 1. The third-order valence-electron chi connectivity index (χ3n) is 5.10. The second-order valence-corrected chi connectivity index (χ2v) is 7.34. The summed E-state index contributed by atoms with van der Waals surface area (Å²) >= 11 is 0. The molecule has 0 fully saturated rings. The predicted octanol–water partition coefficient (Wildman–Crippen LogP) is 5.46. The van der Waals surface area contributed by atoms with Crippen molar-refractivity contribution in [3.8, 4) is 0 Å². The van der Waals surface area contributed by atoms with Crippen LogP contribution in [0, 0.1) is 13.8 Å². The fourth-order valence-corrected chi connectivity index (χ4v) is 3.22. The molecule has 3 aromatic carbocycles. The van der Waals surface area contributed by atoms with E-state index in [1.807, 2.05) is 62.4 Å². The number of furan rings is 1. The van der Waals surface area contributed by atoms with Crippen molar-refractivity contribution in [1.29, 1.82) is 0 Å². The summed E-state index contributed by atoms with van der Waals surface area (Å²) in [5.41, 5.74) is 3.30. The van der Waals surface area contributed by atoms with Crippen LogP contribution in [0.3, 0.4) is 0 Å². The summed E-state index contributed by atoms with van der Waals surface area (Å²) in [5.74, 6) is -0.345. The van der Waals surface area contributed by atoms with Crippen LogP contribution in [0.1, 0.15) is 27.2 Å². The lowest BCUT2D eigenvalue weighted by atomic mass is 10.1. The lowest BCUT2D eigenvalue weighted by Crippen LogP contribution is -2.30. The van der Waals surface area contributed by atoms with Crippen molar-refractivity contribution in [2.75, 3.05) is 5.32 Å². The van der Waals surface area contributed by atoms with Crippen molar-refractivity contribution in [1.82, 2.24) is 5.32 Å². The lowest BCUT2D eigenvalue weighted by molar-refractivity contribution is -0.113. The predicted molar refractivity (Wildman–Crippen MR) is 123 cm³/mol. The first kappa shape index (κ1) is 20.2. The maximum absolute atomic E-state index is 13.0. The molecular formula is C26H22N2O3. The minimum atomic E-state index is -0.441. The smallest absolute Gasteiger partial charge is 0.272 e. The van der Waals surface area contributed by atoms with Crippen LogP contribution in [0.25, 0.3) is 16.8 Å². The van der Waals surface area contributed by atoms with Gasteiger partial charge < -0.3 is 15.1 Å². The van der Waals surface area contributed by atoms with Gasteiger partial charge in [-0.1, -0.05) is 36.4 Å². The average molecular weight is 410 g/mol. The van der Waals surface area contributed by atoms with Crippen LogP contribution < -0.4 is 10.6 Å². The second kappa shape index (κ2) is 8.71. The van der Waals surface area contributed by atoms with Crippen molar-refractivity contribution in [3.63, 3.8) is 0 Å². The first-order chi connectivity index (χ1) is 15.0. The Morgan fingerprint density at radius 3 is 2.39 bits per heavy atom. The topological polar surface area (TPSA) is 71.3 Å². The molecule has 31 heavy (non-hydrogen) atoms. The largest absolute Gasteiger partial charge is 0.465 e. The van der Waals surface area contributed by atoms with E-state index in [1.54, 1.807) is 24.3 Å². The van der Waals surface area contributed by atoms with Gasteiger partial charge >= 0.3 is 0 Å². The summed E-state index contributed by atoms with van der Waals surface area (Å²) in [6.45, 7) is 3.93. The van der Waals surface area contributed by atoms with E-state index in [0.29, 0.717) is 17.0 Å². The normalized spacial score (nSPS) is 11.4. The van der Waals surface area contributed by atoms with Crippen molar-refractivity contribution in [2.24, 2.45) is 0 Å². The summed E-state index contributed by atoms with van der Waals surface area (Å²) < 4.78 is 5.34. The van der Waals surface area contributed by atoms with Crippen molar-refractivity contribution >= 4 is 34.4 Å². The van der Waals surface area contributed by atoms with E-state index in [2.05, 4.69) is 10.6 Å². The Kier molecular flexibility index (Phi) is 5.67. The molecule has 2 N–H and O–H groups in total.